The van der Waals surface area contributed by atoms with Gasteiger partial charge in [0.1, 0.15) is 29.0 Å². The van der Waals surface area contributed by atoms with E-state index < -0.39 is 0 Å². The van der Waals surface area contributed by atoms with E-state index in [2.05, 4.69) is 25.7 Å². The summed E-state index contributed by atoms with van der Waals surface area (Å²) in [7, 11) is 5.54. The summed E-state index contributed by atoms with van der Waals surface area (Å²) in [6.45, 7) is 1.84. The van der Waals surface area contributed by atoms with Gasteiger partial charge in [0.05, 0.1) is 5.69 Å². The molecule has 168 valence electrons. The molecule has 2 aromatic carbocycles. The molecule has 0 saturated heterocycles. The van der Waals surface area contributed by atoms with Crippen molar-refractivity contribution in [3.8, 4) is 11.3 Å². The van der Waals surface area contributed by atoms with Crippen LogP contribution in [0.1, 0.15) is 16.3 Å². The zero-order chi connectivity index (χ0) is 23.5. The fraction of sp³-hybridized carbons (Fsp3) is 0.167. The van der Waals surface area contributed by atoms with E-state index in [1.54, 1.807) is 37.4 Å². The first kappa shape index (κ1) is 21.9. The molecule has 4 aromatic rings. The summed E-state index contributed by atoms with van der Waals surface area (Å²) in [5.74, 6) is 1.56. The third-order valence-corrected chi connectivity index (χ3v) is 4.95. The van der Waals surface area contributed by atoms with Crippen LogP contribution >= 0.6 is 0 Å². The van der Waals surface area contributed by atoms with Crippen molar-refractivity contribution in [1.82, 2.24) is 19.7 Å². The van der Waals surface area contributed by atoms with Crippen molar-refractivity contribution < 1.29 is 9.18 Å². The summed E-state index contributed by atoms with van der Waals surface area (Å²) in [6.07, 6.45) is 0. The van der Waals surface area contributed by atoms with Crippen molar-refractivity contribution in [3.05, 3.63) is 78.0 Å². The first-order valence-electron chi connectivity index (χ1n) is 10.3. The van der Waals surface area contributed by atoms with Crippen LogP contribution in [0.2, 0.25) is 0 Å². The number of anilines is 4. The monoisotopic (exact) mass is 445 g/mol. The van der Waals surface area contributed by atoms with Crippen LogP contribution in [0.25, 0.3) is 11.3 Å². The lowest BCUT2D eigenvalue weighted by Crippen LogP contribution is -2.16. The predicted octanol–water partition coefficient (Wildman–Crippen LogP) is 4.39. The molecule has 1 amide bonds. The van der Waals surface area contributed by atoms with Crippen molar-refractivity contribution in [3.63, 3.8) is 0 Å². The number of halogens is 1. The Hall–Kier alpha value is -4.27. The highest BCUT2D eigenvalue weighted by Crippen LogP contribution is 2.22. The second-order valence-electron chi connectivity index (χ2n) is 7.75. The number of nitrogens with one attached hydrogen (secondary N) is 2. The summed E-state index contributed by atoms with van der Waals surface area (Å²) in [4.78, 5) is 23.5. The average Bonchev–Trinajstić information content (AvgIpc) is 3.17. The molecule has 0 unspecified atom stereocenters. The fourth-order valence-corrected chi connectivity index (χ4v) is 3.27. The largest absolute Gasteiger partial charge is 0.363 e. The summed E-state index contributed by atoms with van der Waals surface area (Å²) in [5.41, 5.74) is 3.19. The molecule has 2 heterocycles. The predicted molar refractivity (Wildman–Crippen MR) is 127 cm³/mol. The van der Waals surface area contributed by atoms with E-state index in [1.807, 2.05) is 44.1 Å². The highest BCUT2D eigenvalue weighted by molar-refractivity contribution is 6.03. The molecular formula is C24H24FN7O. The van der Waals surface area contributed by atoms with Crippen LogP contribution < -0.4 is 15.5 Å². The third kappa shape index (κ3) is 5.15. The number of benzene rings is 2. The molecule has 0 aliphatic rings. The lowest BCUT2D eigenvalue weighted by molar-refractivity contribution is 0.101. The van der Waals surface area contributed by atoms with E-state index in [-0.39, 0.29) is 11.7 Å². The molecule has 0 radical (unpaired) electrons. The molecule has 0 aliphatic heterocycles. The summed E-state index contributed by atoms with van der Waals surface area (Å²) in [5, 5.41) is 10.5. The van der Waals surface area contributed by atoms with Gasteiger partial charge in [-0.3, -0.25) is 9.48 Å². The number of nitrogens with zero attached hydrogens (tertiary/aromatic N) is 5. The van der Waals surface area contributed by atoms with Crippen molar-refractivity contribution in [2.75, 3.05) is 29.6 Å². The highest BCUT2D eigenvalue weighted by atomic mass is 19.1. The molecule has 0 atom stereocenters. The SMILES string of the molecule is Cc1nc(Nc2ccc(NC(=O)c3cc(-c4ccc(F)cc4)nn3C)cc2)cc(N(C)C)n1. The molecule has 2 aromatic heterocycles. The van der Waals surface area contributed by atoms with Gasteiger partial charge in [-0.15, -0.1) is 0 Å². The second kappa shape index (κ2) is 9.07. The number of hydrogen-bond acceptors (Lipinski definition) is 6. The van der Waals surface area contributed by atoms with Gasteiger partial charge in [0.2, 0.25) is 0 Å². The van der Waals surface area contributed by atoms with Gasteiger partial charge >= 0.3 is 0 Å². The normalized spacial score (nSPS) is 10.7. The summed E-state index contributed by atoms with van der Waals surface area (Å²) in [6, 6.07) is 16.9. The lowest BCUT2D eigenvalue weighted by atomic mass is 10.1. The van der Waals surface area contributed by atoms with Crippen LogP contribution in [0, 0.1) is 12.7 Å². The number of amides is 1. The molecule has 0 spiro atoms. The minimum Gasteiger partial charge on any atom is -0.363 e. The first-order chi connectivity index (χ1) is 15.8. The Morgan fingerprint density at radius 3 is 2.30 bits per heavy atom. The first-order valence-corrected chi connectivity index (χ1v) is 10.3. The quantitative estimate of drug-likeness (QED) is 0.458. The molecular weight excluding hydrogens is 421 g/mol. The van der Waals surface area contributed by atoms with Gasteiger partial charge in [-0.05, 0) is 61.5 Å². The molecule has 9 heteroatoms. The molecule has 0 fully saturated rings. The average molecular weight is 446 g/mol. The van der Waals surface area contributed by atoms with E-state index in [0.717, 1.165) is 17.1 Å². The zero-order valence-corrected chi connectivity index (χ0v) is 18.8. The Labute approximate surface area is 191 Å². The number of hydrogen-bond donors (Lipinski definition) is 2. The van der Waals surface area contributed by atoms with Crippen LogP contribution in [0.5, 0.6) is 0 Å². The summed E-state index contributed by atoms with van der Waals surface area (Å²) >= 11 is 0. The van der Waals surface area contributed by atoms with Gasteiger partial charge in [-0.1, -0.05) is 0 Å². The lowest BCUT2D eigenvalue weighted by Gasteiger charge is -2.14. The van der Waals surface area contributed by atoms with E-state index in [9.17, 15) is 9.18 Å². The topological polar surface area (TPSA) is 88.0 Å². The van der Waals surface area contributed by atoms with Gasteiger partial charge in [0.15, 0.2) is 0 Å². The van der Waals surface area contributed by atoms with Crippen LogP contribution in [-0.4, -0.2) is 39.8 Å². The van der Waals surface area contributed by atoms with Gasteiger partial charge < -0.3 is 15.5 Å². The molecule has 4 rings (SSSR count). The van der Waals surface area contributed by atoms with Crippen molar-refractivity contribution >= 4 is 28.9 Å². The van der Waals surface area contributed by atoms with Gasteiger partial charge in [-0.25, -0.2) is 14.4 Å². The van der Waals surface area contributed by atoms with Gasteiger partial charge in [-0.2, -0.15) is 5.10 Å². The maximum atomic E-state index is 13.2. The van der Waals surface area contributed by atoms with Crippen LogP contribution in [-0.2, 0) is 7.05 Å². The minimum absolute atomic E-state index is 0.291. The van der Waals surface area contributed by atoms with Crippen molar-refractivity contribution in [2.45, 2.75) is 6.92 Å². The molecule has 33 heavy (non-hydrogen) atoms. The smallest absolute Gasteiger partial charge is 0.273 e. The maximum Gasteiger partial charge on any atom is 0.273 e. The maximum absolute atomic E-state index is 13.2. The van der Waals surface area contributed by atoms with Crippen LogP contribution in [0.15, 0.2) is 60.7 Å². The molecule has 0 aliphatic carbocycles. The van der Waals surface area contributed by atoms with E-state index in [1.165, 1.54) is 16.8 Å². The number of aromatic nitrogens is 4. The van der Waals surface area contributed by atoms with Crippen LogP contribution in [0.4, 0.5) is 27.4 Å². The number of aryl methyl sites for hydroxylation is 2. The fourth-order valence-electron chi connectivity index (χ4n) is 3.27. The molecule has 2 N–H and O–H groups in total. The molecule has 8 nitrogen and oxygen atoms in total. The standard InChI is InChI=1S/C24H24FN7O/c1-15-26-22(14-23(27-15)31(2)3)28-18-9-11-19(12-10-18)29-24(33)21-13-20(30-32(21)4)16-5-7-17(25)8-6-16/h5-14H,1-4H3,(H,29,33)(H,26,27,28). The highest BCUT2D eigenvalue weighted by Gasteiger charge is 2.15. The Balaban J connectivity index is 1.45. The van der Waals surface area contributed by atoms with E-state index in [0.29, 0.717) is 28.7 Å². The van der Waals surface area contributed by atoms with Gasteiger partial charge in [0, 0.05) is 44.1 Å². The minimum atomic E-state index is -0.321. The Kier molecular flexibility index (Phi) is 6.03. The van der Waals surface area contributed by atoms with Crippen molar-refractivity contribution in [1.29, 1.82) is 0 Å². The van der Waals surface area contributed by atoms with E-state index in [4.69, 9.17) is 0 Å². The van der Waals surface area contributed by atoms with Gasteiger partial charge in [0.25, 0.3) is 5.91 Å². The zero-order valence-electron chi connectivity index (χ0n) is 18.8. The second-order valence-corrected chi connectivity index (χ2v) is 7.75. The number of rotatable bonds is 6. The molecule has 0 saturated carbocycles. The van der Waals surface area contributed by atoms with Crippen molar-refractivity contribution in [2.24, 2.45) is 7.05 Å². The van der Waals surface area contributed by atoms with Crippen LogP contribution in [0.3, 0.4) is 0 Å². The number of carbonyl (C=O) groups is 1. The third-order valence-electron chi connectivity index (χ3n) is 4.95. The Bertz CT molecular complexity index is 1280. The Morgan fingerprint density at radius 1 is 0.970 bits per heavy atom. The summed E-state index contributed by atoms with van der Waals surface area (Å²) < 4.78 is 14.7. The Morgan fingerprint density at radius 2 is 1.64 bits per heavy atom. The van der Waals surface area contributed by atoms with E-state index >= 15 is 0 Å². The number of carbonyl (C=O) groups excluding carboxylic acids is 1. The molecule has 0 bridgehead atoms.